The van der Waals surface area contributed by atoms with Gasteiger partial charge in [-0.25, -0.2) is 8.42 Å². The van der Waals surface area contributed by atoms with Crippen molar-refractivity contribution in [3.05, 3.63) is 65.7 Å². The van der Waals surface area contributed by atoms with E-state index in [1.165, 1.54) is 54.6 Å². The molecule has 4 saturated carbocycles. The fraction of sp³-hybridized carbons (Fsp3) is 0.536. The average Bonchev–Trinajstić information content (AvgIpc) is 2.80. The van der Waals surface area contributed by atoms with E-state index in [-0.39, 0.29) is 23.9 Å². The van der Waals surface area contributed by atoms with E-state index in [0.29, 0.717) is 5.69 Å². The number of benzene rings is 2. The summed E-state index contributed by atoms with van der Waals surface area (Å²) in [6.07, 6.45) is 9.91. The Kier molecular flexibility index (Phi) is 6.21. The van der Waals surface area contributed by atoms with E-state index in [0.717, 1.165) is 29.7 Å². The molecule has 1 unspecified atom stereocenters. The highest BCUT2D eigenvalue weighted by Gasteiger charge is 2.51. The normalized spacial score (nSPS) is 28.5. The van der Waals surface area contributed by atoms with Crippen LogP contribution < -0.4 is 9.62 Å². The Hall–Kier alpha value is -2.34. The second-order valence-electron chi connectivity index (χ2n) is 11.0. The lowest BCUT2D eigenvalue weighted by Gasteiger charge is -2.57. The molecule has 0 aromatic heterocycles. The summed E-state index contributed by atoms with van der Waals surface area (Å²) in [5.74, 6) is 2.28. The van der Waals surface area contributed by atoms with E-state index in [4.69, 9.17) is 0 Å². The Morgan fingerprint density at radius 1 is 0.971 bits per heavy atom. The topological polar surface area (TPSA) is 66.5 Å². The second-order valence-corrected chi connectivity index (χ2v) is 12.9. The zero-order chi connectivity index (χ0) is 23.9. The number of carbonyl (C=O) groups excluding carboxylic acids is 1. The van der Waals surface area contributed by atoms with Gasteiger partial charge in [0.05, 0.1) is 18.0 Å². The van der Waals surface area contributed by atoms with Crippen LogP contribution in [-0.2, 0) is 20.2 Å². The van der Waals surface area contributed by atoms with Crippen molar-refractivity contribution in [1.29, 1.82) is 0 Å². The molecule has 0 spiro atoms. The van der Waals surface area contributed by atoms with Crippen molar-refractivity contribution in [3.63, 3.8) is 0 Å². The third-order valence-corrected chi connectivity index (χ3v) is 9.58. The van der Waals surface area contributed by atoms with Crippen molar-refractivity contribution in [1.82, 2.24) is 5.32 Å². The van der Waals surface area contributed by atoms with Gasteiger partial charge in [-0.05, 0) is 91.4 Å². The van der Waals surface area contributed by atoms with E-state index in [1.807, 2.05) is 49.4 Å². The molecule has 4 fully saturated rings. The summed E-state index contributed by atoms with van der Waals surface area (Å²) in [6, 6.07) is 17.7. The van der Waals surface area contributed by atoms with Crippen molar-refractivity contribution >= 4 is 21.6 Å². The summed E-state index contributed by atoms with van der Waals surface area (Å²) in [5, 5.41) is 3.01. The smallest absolute Gasteiger partial charge is 0.241 e. The molecule has 4 aliphatic rings. The Bertz CT molecular complexity index is 1090. The molecule has 0 heterocycles. The molecule has 2 aromatic carbocycles. The summed E-state index contributed by atoms with van der Waals surface area (Å²) in [5.41, 5.74) is 3.19. The number of nitrogens with one attached hydrogen (secondary N) is 1. The van der Waals surface area contributed by atoms with Crippen LogP contribution >= 0.6 is 0 Å². The summed E-state index contributed by atoms with van der Waals surface area (Å²) in [6.45, 7) is 1.79. The van der Waals surface area contributed by atoms with Gasteiger partial charge < -0.3 is 5.32 Å². The molecule has 1 N–H and O–H groups in total. The minimum Gasteiger partial charge on any atom is -0.348 e. The molecule has 5 nitrogen and oxygen atoms in total. The predicted molar refractivity (Wildman–Crippen MR) is 136 cm³/mol. The molecule has 4 bridgehead atoms. The molecular formula is C28H36N2O3S. The fourth-order valence-corrected chi connectivity index (χ4v) is 8.18. The van der Waals surface area contributed by atoms with Gasteiger partial charge in [0, 0.05) is 0 Å². The van der Waals surface area contributed by atoms with Gasteiger partial charge in [-0.15, -0.1) is 0 Å². The molecule has 4 aliphatic carbocycles. The number of rotatable bonds is 8. The first kappa shape index (κ1) is 23.4. The number of amides is 1. The van der Waals surface area contributed by atoms with Gasteiger partial charge in [0.2, 0.25) is 15.9 Å². The van der Waals surface area contributed by atoms with Crippen molar-refractivity contribution in [3.8, 4) is 0 Å². The summed E-state index contributed by atoms with van der Waals surface area (Å²) < 4.78 is 26.5. The van der Waals surface area contributed by atoms with Gasteiger partial charge in [-0.1, -0.05) is 49.4 Å². The highest BCUT2D eigenvalue weighted by Crippen LogP contribution is 2.60. The second kappa shape index (κ2) is 9.03. The van der Waals surface area contributed by atoms with Gasteiger partial charge in [0.1, 0.15) is 6.54 Å². The van der Waals surface area contributed by atoms with Gasteiger partial charge >= 0.3 is 0 Å². The van der Waals surface area contributed by atoms with Crippen LogP contribution in [0.5, 0.6) is 0 Å². The summed E-state index contributed by atoms with van der Waals surface area (Å²) >= 11 is 0. The van der Waals surface area contributed by atoms with Crippen LogP contribution in [0.1, 0.15) is 69.0 Å². The average molecular weight is 481 g/mol. The zero-order valence-electron chi connectivity index (χ0n) is 20.2. The third kappa shape index (κ3) is 4.61. The Morgan fingerprint density at radius 2 is 1.53 bits per heavy atom. The molecule has 0 aliphatic heterocycles. The molecule has 2 aromatic rings. The predicted octanol–water partition coefficient (Wildman–Crippen LogP) is 5.19. The van der Waals surface area contributed by atoms with Crippen LogP contribution in [0.2, 0.25) is 0 Å². The van der Waals surface area contributed by atoms with E-state index in [2.05, 4.69) is 17.4 Å². The maximum atomic E-state index is 12.9. The monoisotopic (exact) mass is 480 g/mol. The van der Waals surface area contributed by atoms with E-state index >= 15 is 0 Å². The Morgan fingerprint density at radius 3 is 2.03 bits per heavy atom. The van der Waals surface area contributed by atoms with Crippen LogP contribution in [0.3, 0.4) is 0 Å². The van der Waals surface area contributed by atoms with Gasteiger partial charge in [-0.3, -0.25) is 9.10 Å². The number of hydrogen-bond acceptors (Lipinski definition) is 3. The number of sulfonamides is 1. The molecule has 6 heteroatoms. The maximum Gasteiger partial charge on any atom is 0.241 e. The number of hydrogen-bond donors (Lipinski definition) is 1. The highest BCUT2D eigenvalue weighted by atomic mass is 32.2. The highest BCUT2D eigenvalue weighted by molar-refractivity contribution is 7.92. The van der Waals surface area contributed by atoms with Crippen LogP contribution in [0.4, 0.5) is 5.69 Å². The molecular weight excluding hydrogens is 444 g/mol. The SMILES string of the molecule is CCC(NC(=O)CN(c1ccc(C23CC4CC(CC(C4)C2)C3)cc1)S(C)(=O)=O)c1ccccc1. The maximum absolute atomic E-state index is 12.9. The standard InChI is InChI=1S/C28H36N2O3S/c1-3-26(23-7-5-4-6-8-23)29-27(31)19-30(34(2,32)33)25-11-9-24(10-12-25)28-16-20-13-21(17-28)15-22(14-20)18-28/h4-12,20-22,26H,3,13-19H2,1-2H3,(H,29,31). The van der Waals surface area contributed by atoms with Crippen LogP contribution in [0.25, 0.3) is 0 Å². The number of anilines is 1. The van der Waals surface area contributed by atoms with Gasteiger partial charge in [0.15, 0.2) is 0 Å². The first-order chi connectivity index (χ1) is 16.3. The quantitative estimate of drug-likeness (QED) is 0.566. The van der Waals surface area contributed by atoms with Crippen LogP contribution in [0.15, 0.2) is 54.6 Å². The van der Waals surface area contributed by atoms with Crippen molar-refractivity contribution in [2.45, 2.75) is 63.3 Å². The number of nitrogens with zero attached hydrogens (tertiary/aromatic N) is 1. The molecule has 0 radical (unpaired) electrons. The zero-order valence-corrected chi connectivity index (χ0v) is 21.1. The molecule has 1 amide bonds. The number of carbonyl (C=O) groups is 1. The molecule has 0 saturated heterocycles. The van der Waals surface area contributed by atoms with Crippen LogP contribution in [0, 0.1) is 17.8 Å². The Balaban J connectivity index is 1.32. The lowest BCUT2D eigenvalue weighted by atomic mass is 9.48. The van der Waals surface area contributed by atoms with Crippen molar-refractivity contribution in [2.75, 3.05) is 17.1 Å². The minimum atomic E-state index is -3.61. The molecule has 182 valence electrons. The van der Waals surface area contributed by atoms with Gasteiger partial charge in [-0.2, -0.15) is 0 Å². The van der Waals surface area contributed by atoms with Crippen LogP contribution in [-0.4, -0.2) is 27.1 Å². The lowest BCUT2D eigenvalue weighted by Crippen LogP contribution is -2.48. The van der Waals surface area contributed by atoms with Crippen molar-refractivity contribution < 1.29 is 13.2 Å². The summed E-state index contributed by atoms with van der Waals surface area (Å²) in [4.78, 5) is 12.9. The molecule has 34 heavy (non-hydrogen) atoms. The first-order valence-electron chi connectivity index (χ1n) is 12.7. The fourth-order valence-electron chi connectivity index (χ4n) is 7.32. The largest absolute Gasteiger partial charge is 0.348 e. The Labute approximate surface area is 204 Å². The molecule has 6 rings (SSSR count). The summed E-state index contributed by atoms with van der Waals surface area (Å²) in [7, 11) is -3.61. The van der Waals surface area contributed by atoms with E-state index < -0.39 is 10.0 Å². The van der Waals surface area contributed by atoms with Gasteiger partial charge in [0.25, 0.3) is 0 Å². The molecule has 1 atom stereocenters. The lowest BCUT2D eigenvalue weighted by molar-refractivity contribution is -0.120. The van der Waals surface area contributed by atoms with E-state index in [1.54, 1.807) is 0 Å². The minimum absolute atomic E-state index is 0.145. The first-order valence-corrected chi connectivity index (χ1v) is 14.5. The van der Waals surface area contributed by atoms with E-state index in [9.17, 15) is 13.2 Å². The third-order valence-electron chi connectivity index (χ3n) is 8.44. The van der Waals surface area contributed by atoms with Crippen molar-refractivity contribution in [2.24, 2.45) is 17.8 Å².